The summed E-state index contributed by atoms with van der Waals surface area (Å²) in [5.41, 5.74) is 0. The SMILES string of the molecule is CC[N](CC)[Zr]([C]1=CC=CC1)([N](CC)CC)([N](CC)CC)[Ge]([CH3])([CH3])[F]. The standard InChI is InChI=1S/C5H5.3C4H10N.C2H6FGe.Zr/c1-2-4-5-3-1;3*1-3-5-4-2;1-4(2)3;/h1-3H,4H2;3*3-4H2,1-2H3;1-2H3;/q;3*-1;;+3. The van der Waals surface area contributed by atoms with E-state index in [1.165, 1.54) is 3.28 Å². The van der Waals surface area contributed by atoms with Gasteiger partial charge >= 0.3 is 159 Å². The summed E-state index contributed by atoms with van der Waals surface area (Å²) < 4.78 is 26.4. The van der Waals surface area contributed by atoms with Gasteiger partial charge < -0.3 is 0 Å². The Morgan fingerprint density at radius 3 is 1.40 bits per heavy atom. The summed E-state index contributed by atoms with van der Waals surface area (Å²) in [5, 5.41) is 0. The van der Waals surface area contributed by atoms with Crippen LogP contribution in [0, 0.1) is 0 Å². The van der Waals surface area contributed by atoms with Crippen molar-refractivity contribution in [3.63, 3.8) is 0 Å². The van der Waals surface area contributed by atoms with Crippen molar-refractivity contribution in [1.82, 2.24) is 8.53 Å². The monoisotopic (exact) mass is 494 g/mol. The number of rotatable bonds is 11. The molecule has 0 unspecified atom stereocenters. The average Bonchev–Trinajstić information content (AvgIpc) is 3.11. The molecule has 0 bridgehead atoms. The van der Waals surface area contributed by atoms with E-state index in [9.17, 15) is 0 Å². The van der Waals surface area contributed by atoms with E-state index in [1.54, 1.807) is 0 Å². The Morgan fingerprint density at radius 1 is 0.840 bits per heavy atom. The first-order valence-corrected chi connectivity index (χ1v) is 27.2. The van der Waals surface area contributed by atoms with E-state index in [1.807, 2.05) is 0 Å². The Kier molecular flexibility index (Phi) is 8.81. The molecular weight excluding hydrogens is 453 g/mol. The van der Waals surface area contributed by atoms with Crippen LogP contribution < -0.4 is 0 Å². The molecule has 0 aromatic rings. The molecule has 0 saturated heterocycles. The van der Waals surface area contributed by atoms with Crippen molar-refractivity contribution in [3.05, 3.63) is 21.5 Å². The van der Waals surface area contributed by atoms with Gasteiger partial charge in [-0.05, 0) is 0 Å². The molecule has 1 aliphatic rings. The summed E-state index contributed by atoms with van der Waals surface area (Å²) in [6, 6.07) is 0. The van der Waals surface area contributed by atoms with E-state index in [4.69, 9.17) is 0 Å². The third-order valence-corrected chi connectivity index (χ3v) is 72.2. The molecule has 147 valence electrons. The predicted octanol–water partition coefficient (Wildman–Crippen LogP) is 4.96. The van der Waals surface area contributed by atoms with Gasteiger partial charge in [0.05, 0.1) is 0 Å². The van der Waals surface area contributed by atoms with Gasteiger partial charge in [0, 0.05) is 0 Å². The molecule has 0 heterocycles. The quantitative estimate of drug-likeness (QED) is 0.376. The Bertz CT molecular complexity index is 455. The Labute approximate surface area is 158 Å². The van der Waals surface area contributed by atoms with Crippen LogP contribution in [0.15, 0.2) is 21.5 Å². The van der Waals surface area contributed by atoms with E-state index in [0.717, 1.165) is 45.7 Å². The first-order chi connectivity index (χ1) is 11.8. The zero-order valence-corrected chi connectivity index (χ0v) is 22.5. The Morgan fingerprint density at radius 2 is 1.20 bits per heavy atom. The summed E-state index contributed by atoms with van der Waals surface area (Å²) in [5.74, 6) is 4.11. The maximum atomic E-state index is 17.0. The van der Waals surface area contributed by atoms with Crippen LogP contribution in [-0.2, 0) is 17.1 Å². The second-order valence-corrected chi connectivity index (χ2v) is 51.8. The van der Waals surface area contributed by atoms with E-state index in [0.29, 0.717) is 0 Å². The van der Waals surface area contributed by atoms with Crippen molar-refractivity contribution in [2.45, 2.75) is 59.5 Å². The van der Waals surface area contributed by atoms with Crippen molar-refractivity contribution in [2.24, 2.45) is 0 Å². The van der Waals surface area contributed by atoms with E-state index in [-0.39, 0.29) is 0 Å². The van der Waals surface area contributed by atoms with Gasteiger partial charge in [-0.3, -0.25) is 0 Å². The van der Waals surface area contributed by atoms with Gasteiger partial charge in [0.15, 0.2) is 0 Å². The van der Waals surface area contributed by atoms with E-state index < -0.39 is 27.1 Å². The van der Waals surface area contributed by atoms with Gasteiger partial charge in [-0.2, -0.15) is 0 Å². The van der Waals surface area contributed by atoms with E-state index in [2.05, 4.69) is 79.8 Å². The second-order valence-electron chi connectivity index (χ2n) is 7.41. The molecule has 1 rings (SSSR count). The van der Waals surface area contributed by atoms with Crippen molar-refractivity contribution >= 4 is 9.94 Å². The topological polar surface area (TPSA) is 9.72 Å². The van der Waals surface area contributed by atoms with Gasteiger partial charge in [-0.15, -0.1) is 0 Å². The predicted molar refractivity (Wildman–Crippen MR) is 109 cm³/mol. The molecule has 0 saturated carbocycles. The molecule has 0 atom stereocenters. The number of hydrogen-bond acceptors (Lipinski definition) is 3. The fourth-order valence-corrected chi connectivity index (χ4v) is 81.9. The number of nitrogens with zero attached hydrogens (tertiary/aromatic N) is 3. The van der Waals surface area contributed by atoms with Crippen molar-refractivity contribution in [2.75, 3.05) is 39.3 Å². The minimum atomic E-state index is -4.46. The first-order valence-electron chi connectivity index (χ1n) is 10.2. The zero-order chi connectivity index (χ0) is 19.3. The summed E-state index contributed by atoms with van der Waals surface area (Å²) >= 11 is -4.46. The summed E-state index contributed by atoms with van der Waals surface area (Å²) in [7, 11) is -3.72. The maximum absolute atomic E-state index is 17.0. The van der Waals surface area contributed by atoms with E-state index >= 15 is 3.50 Å². The van der Waals surface area contributed by atoms with Crippen LogP contribution in [0.1, 0.15) is 48.0 Å². The van der Waals surface area contributed by atoms with Crippen LogP contribution in [0.4, 0.5) is 3.50 Å². The minimum absolute atomic E-state index is 0.935. The Hall–Kier alpha value is 0.716. The second kappa shape index (κ2) is 9.27. The van der Waals surface area contributed by atoms with Crippen LogP contribution in [0.3, 0.4) is 0 Å². The normalized spacial score (nSPS) is 17.4. The molecule has 0 aromatic heterocycles. The van der Waals surface area contributed by atoms with Gasteiger partial charge in [0.2, 0.25) is 0 Å². The molecule has 0 aliphatic heterocycles. The number of hydrogen-bond donors (Lipinski definition) is 0. The van der Waals surface area contributed by atoms with Gasteiger partial charge in [0.25, 0.3) is 0 Å². The Balaban J connectivity index is 4.11. The number of allylic oxidation sites excluding steroid dienone is 4. The molecule has 0 amide bonds. The van der Waals surface area contributed by atoms with Crippen LogP contribution >= 0.6 is 0 Å². The van der Waals surface area contributed by atoms with Gasteiger partial charge in [0.1, 0.15) is 0 Å². The first kappa shape index (κ1) is 23.8. The summed E-state index contributed by atoms with van der Waals surface area (Å²) in [4.78, 5) is 0. The number of halogens is 1. The molecule has 1 aliphatic carbocycles. The average molecular weight is 494 g/mol. The molecule has 6 heteroatoms. The summed E-state index contributed by atoms with van der Waals surface area (Å²) in [6.45, 7) is 19.0. The molecule has 0 aromatic carbocycles. The van der Waals surface area contributed by atoms with Gasteiger partial charge in [-0.25, -0.2) is 0 Å². The van der Waals surface area contributed by atoms with Gasteiger partial charge in [-0.1, -0.05) is 0 Å². The fraction of sp³-hybridized carbons (Fsp3) is 0.789. The molecule has 3 nitrogen and oxygen atoms in total. The molecule has 25 heavy (non-hydrogen) atoms. The molecule has 0 fully saturated rings. The zero-order valence-electron chi connectivity index (χ0n) is 17.9. The fourth-order valence-electron chi connectivity index (χ4n) is 5.98. The molecule has 0 radical (unpaired) electrons. The van der Waals surface area contributed by atoms with Crippen LogP contribution in [0.5, 0.6) is 0 Å². The van der Waals surface area contributed by atoms with Crippen LogP contribution in [0.25, 0.3) is 0 Å². The molecule has 0 spiro atoms. The summed E-state index contributed by atoms with van der Waals surface area (Å²) in [6.07, 6.45) is 7.65. The van der Waals surface area contributed by atoms with Crippen LogP contribution in [-0.4, -0.2) is 57.7 Å². The molecule has 0 N–H and O–H groups in total. The third kappa shape index (κ3) is 3.14. The third-order valence-electron chi connectivity index (χ3n) is 6.55. The van der Waals surface area contributed by atoms with Crippen molar-refractivity contribution in [3.8, 4) is 0 Å². The van der Waals surface area contributed by atoms with Crippen LogP contribution in [0.2, 0.25) is 11.5 Å². The van der Waals surface area contributed by atoms with Crippen molar-refractivity contribution < 1.29 is 20.6 Å². The van der Waals surface area contributed by atoms with Crippen molar-refractivity contribution in [1.29, 1.82) is 0 Å². The molecular formula is C19H41FGeN3Zr.